The van der Waals surface area contributed by atoms with Gasteiger partial charge in [-0.15, -0.1) is 0 Å². The first-order chi connectivity index (χ1) is 8.54. The number of carboxylic acid groups (broad SMARTS) is 1. The van der Waals surface area contributed by atoms with E-state index in [-0.39, 0.29) is 18.7 Å². The van der Waals surface area contributed by atoms with Gasteiger partial charge in [0.2, 0.25) is 0 Å². The summed E-state index contributed by atoms with van der Waals surface area (Å²) in [5.74, 6) is -1.63. The number of urea groups is 1. The number of imide groups is 1. The molecule has 1 aliphatic rings. The van der Waals surface area contributed by atoms with Crippen LogP contribution < -0.4 is 10.6 Å². The van der Waals surface area contributed by atoms with Crippen LogP contribution >= 0.6 is 0 Å². The second kappa shape index (κ2) is 4.40. The van der Waals surface area contributed by atoms with Gasteiger partial charge in [0.05, 0.1) is 0 Å². The molecule has 1 atom stereocenters. The SMILES string of the molecule is O=C(O)CCC1(c2ncccn2)NC(=O)NC1=O. The van der Waals surface area contributed by atoms with Gasteiger partial charge in [-0.1, -0.05) is 0 Å². The highest BCUT2D eigenvalue weighted by atomic mass is 16.4. The van der Waals surface area contributed by atoms with Crippen molar-refractivity contribution in [1.29, 1.82) is 0 Å². The summed E-state index contributed by atoms with van der Waals surface area (Å²) in [5.41, 5.74) is -1.50. The van der Waals surface area contributed by atoms with Crippen LogP contribution in [0.1, 0.15) is 18.7 Å². The van der Waals surface area contributed by atoms with Crippen molar-refractivity contribution in [3.8, 4) is 0 Å². The summed E-state index contributed by atoms with van der Waals surface area (Å²) in [6.45, 7) is 0. The number of hydrogen-bond donors (Lipinski definition) is 3. The second-order valence-corrected chi connectivity index (χ2v) is 3.78. The molecular formula is C10H10N4O4. The molecule has 1 fully saturated rings. The van der Waals surface area contributed by atoms with Crippen LogP contribution in [-0.4, -0.2) is 33.0 Å². The van der Waals surface area contributed by atoms with E-state index in [4.69, 9.17) is 5.11 Å². The number of rotatable bonds is 4. The Morgan fingerprint density at radius 2 is 2.00 bits per heavy atom. The number of carbonyl (C=O) groups excluding carboxylic acids is 2. The topological polar surface area (TPSA) is 121 Å². The third kappa shape index (κ3) is 1.99. The molecule has 1 aromatic rings. The lowest BCUT2D eigenvalue weighted by Gasteiger charge is -2.23. The minimum absolute atomic E-state index is 0.0783. The Kier molecular flexibility index (Phi) is 2.92. The van der Waals surface area contributed by atoms with Gasteiger partial charge in [-0.05, 0) is 12.5 Å². The van der Waals surface area contributed by atoms with E-state index in [1.54, 1.807) is 6.07 Å². The molecule has 0 saturated carbocycles. The van der Waals surface area contributed by atoms with Gasteiger partial charge in [-0.3, -0.25) is 14.9 Å². The molecule has 1 aromatic heterocycles. The molecule has 3 amide bonds. The van der Waals surface area contributed by atoms with Gasteiger partial charge in [-0.25, -0.2) is 14.8 Å². The van der Waals surface area contributed by atoms with Crippen molar-refractivity contribution >= 4 is 17.9 Å². The molecule has 1 aliphatic heterocycles. The lowest BCUT2D eigenvalue weighted by Crippen LogP contribution is -2.45. The monoisotopic (exact) mass is 250 g/mol. The number of carbonyl (C=O) groups is 3. The Hall–Kier alpha value is -2.51. The number of nitrogens with zero attached hydrogens (tertiary/aromatic N) is 2. The Bertz CT molecular complexity index is 504. The third-order valence-corrected chi connectivity index (χ3v) is 2.60. The summed E-state index contributed by atoms with van der Waals surface area (Å²) in [6.07, 6.45) is 2.45. The number of aromatic nitrogens is 2. The molecule has 0 bridgehead atoms. The van der Waals surface area contributed by atoms with E-state index in [0.717, 1.165) is 0 Å². The quantitative estimate of drug-likeness (QED) is 0.612. The number of hydrogen-bond acceptors (Lipinski definition) is 5. The van der Waals surface area contributed by atoms with Crippen LogP contribution in [0.2, 0.25) is 0 Å². The molecule has 3 N–H and O–H groups in total. The van der Waals surface area contributed by atoms with Crippen molar-refractivity contribution in [2.24, 2.45) is 0 Å². The number of aliphatic carboxylic acids is 1. The van der Waals surface area contributed by atoms with Crippen LogP contribution in [0.25, 0.3) is 0 Å². The number of nitrogens with one attached hydrogen (secondary N) is 2. The highest BCUT2D eigenvalue weighted by Crippen LogP contribution is 2.26. The molecule has 0 spiro atoms. The third-order valence-electron chi connectivity index (χ3n) is 2.60. The molecule has 8 heteroatoms. The Morgan fingerprint density at radius 1 is 1.33 bits per heavy atom. The van der Waals surface area contributed by atoms with Gasteiger partial charge in [0.1, 0.15) is 0 Å². The summed E-state index contributed by atoms with van der Waals surface area (Å²) in [7, 11) is 0. The van der Waals surface area contributed by atoms with Crippen LogP contribution in [0.5, 0.6) is 0 Å². The summed E-state index contributed by atoms with van der Waals surface area (Å²) in [6, 6.07) is 0.876. The molecule has 8 nitrogen and oxygen atoms in total. The number of carboxylic acids is 1. The maximum absolute atomic E-state index is 11.9. The van der Waals surface area contributed by atoms with E-state index in [1.165, 1.54) is 12.4 Å². The predicted octanol–water partition coefficient (Wildman–Crippen LogP) is -0.624. The lowest BCUT2D eigenvalue weighted by molar-refractivity contribution is -0.137. The molecule has 2 heterocycles. The minimum atomic E-state index is -1.50. The van der Waals surface area contributed by atoms with E-state index in [0.29, 0.717) is 0 Å². The van der Waals surface area contributed by atoms with E-state index in [2.05, 4.69) is 20.6 Å². The predicted molar refractivity (Wildman–Crippen MR) is 57.3 cm³/mol. The van der Waals surface area contributed by atoms with Crippen LogP contribution in [0.15, 0.2) is 18.5 Å². The standard InChI is InChI=1S/C10H10N4O4/c15-6(16)2-3-10(7-11-4-1-5-12-7)8(17)13-9(18)14-10/h1,4-5H,2-3H2,(H,15,16)(H2,13,14,17,18). The summed E-state index contributed by atoms with van der Waals surface area (Å²) in [4.78, 5) is 41.6. The fourth-order valence-corrected chi connectivity index (χ4v) is 1.75. The largest absolute Gasteiger partial charge is 0.481 e. The normalized spacial score (nSPS) is 22.4. The summed E-state index contributed by atoms with van der Waals surface area (Å²) >= 11 is 0. The second-order valence-electron chi connectivity index (χ2n) is 3.78. The average molecular weight is 250 g/mol. The first-order valence-electron chi connectivity index (χ1n) is 5.17. The van der Waals surface area contributed by atoms with Crippen LogP contribution in [-0.2, 0) is 15.1 Å². The lowest BCUT2D eigenvalue weighted by atomic mass is 9.92. The van der Waals surface area contributed by atoms with Crippen LogP contribution in [0, 0.1) is 0 Å². The molecule has 94 valence electrons. The van der Waals surface area contributed by atoms with Gasteiger partial charge in [0, 0.05) is 18.8 Å². The fraction of sp³-hybridized carbons (Fsp3) is 0.300. The molecule has 0 aromatic carbocycles. The molecule has 1 unspecified atom stereocenters. The number of amides is 3. The summed E-state index contributed by atoms with van der Waals surface area (Å²) < 4.78 is 0. The average Bonchev–Trinajstić information content (AvgIpc) is 2.64. The van der Waals surface area contributed by atoms with Crippen molar-refractivity contribution in [3.63, 3.8) is 0 Å². The smallest absolute Gasteiger partial charge is 0.322 e. The van der Waals surface area contributed by atoms with Gasteiger partial charge >= 0.3 is 12.0 Å². The zero-order valence-corrected chi connectivity index (χ0v) is 9.21. The molecule has 0 radical (unpaired) electrons. The van der Waals surface area contributed by atoms with Crippen molar-refractivity contribution in [2.45, 2.75) is 18.4 Å². The molecule has 0 aliphatic carbocycles. The van der Waals surface area contributed by atoms with Gasteiger partial charge in [-0.2, -0.15) is 0 Å². The van der Waals surface area contributed by atoms with Crippen molar-refractivity contribution < 1.29 is 19.5 Å². The zero-order valence-electron chi connectivity index (χ0n) is 9.21. The Balaban J connectivity index is 2.37. The van der Waals surface area contributed by atoms with Crippen LogP contribution in [0.3, 0.4) is 0 Å². The van der Waals surface area contributed by atoms with E-state index >= 15 is 0 Å². The van der Waals surface area contributed by atoms with Crippen LogP contribution in [0.4, 0.5) is 4.79 Å². The highest BCUT2D eigenvalue weighted by Gasteiger charge is 2.50. The molecular weight excluding hydrogens is 240 g/mol. The molecule has 18 heavy (non-hydrogen) atoms. The van der Waals surface area contributed by atoms with E-state index in [9.17, 15) is 14.4 Å². The Labute approximate surface area is 101 Å². The zero-order chi connectivity index (χ0) is 13.2. The molecule has 2 rings (SSSR count). The molecule has 1 saturated heterocycles. The first-order valence-corrected chi connectivity index (χ1v) is 5.17. The summed E-state index contributed by atoms with van der Waals surface area (Å²) in [5, 5.41) is 13.2. The van der Waals surface area contributed by atoms with Crippen molar-refractivity contribution in [2.75, 3.05) is 0 Å². The van der Waals surface area contributed by atoms with Gasteiger partial charge < -0.3 is 10.4 Å². The highest BCUT2D eigenvalue weighted by molar-refractivity contribution is 6.07. The van der Waals surface area contributed by atoms with E-state index in [1.807, 2.05) is 0 Å². The van der Waals surface area contributed by atoms with E-state index < -0.39 is 23.4 Å². The first kappa shape index (κ1) is 12.0. The fourth-order valence-electron chi connectivity index (χ4n) is 1.75. The minimum Gasteiger partial charge on any atom is -0.481 e. The van der Waals surface area contributed by atoms with Crippen molar-refractivity contribution in [1.82, 2.24) is 20.6 Å². The van der Waals surface area contributed by atoms with Gasteiger partial charge in [0.25, 0.3) is 5.91 Å². The maximum atomic E-state index is 11.9. The Morgan fingerprint density at radius 3 is 2.50 bits per heavy atom. The van der Waals surface area contributed by atoms with Gasteiger partial charge in [0.15, 0.2) is 11.4 Å². The van der Waals surface area contributed by atoms with Crippen molar-refractivity contribution in [3.05, 3.63) is 24.3 Å². The maximum Gasteiger partial charge on any atom is 0.322 e.